The smallest absolute Gasteiger partial charge is 0.293 e. The van der Waals surface area contributed by atoms with Gasteiger partial charge in [-0.05, 0) is 65.7 Å². The second-order valence-corrected chi connectivity index (χ2v) is 9.15. The van der Waals surface area contributed by atoms with Crippen LogP contribution in [0.1, 0.15) is 22.3 Å². The number of imide groups is 1. The van der Waals surface area contributed by atoms with Gasteiger partial charge in [-0.1, -0.05) is 70.0 Å². The lowest BCUT2D eigenvalue weighted by atomic mass is 10.1. The van der Waals surface area contributed by atoms with E-state index in [1.54, 1.807) is 6.08 Å². The number of halogens is 1. The molecule has 3 aromatic carbocycles. The van der Waals surface area contributed by atoms with Crippen LogP contribution in [0.2, 0.25) is 0 Å². The fraction of sp³-hybridized carbons (Fsp3) is 0.120. The van der Waals surface area contributed by atoms with Crippen LogP contribution in [0.4, 0.5) is 4.79 Å². The van der Waals surface area contributed by atoms with E-state index in [4.69, 9.17) is 4.74 Å². The van der Waals surface area contributed by atoms with Crippen LogP contribution in [0.5, 0.6) is 5.75 Å². The topological polar surface area (TPSA) is 46.6 Å². The molecule has 0 aromatic heterocycles. The maximum absolute atomic E-state index is 12.7. The van der Waals surface area contributed by atoms with Crippen molar-refractivity contribution in [3.8, 4) is 5.75 Å². The second kappa shape index (κ2) is 9.54. The zero-order valence-electron chi connectivity index (χ0n) is 16.9. The first-order valence-corrected chi connectivity index (χ1v) is 11.4. The highest BCUT2D eigenvalue weighted by Gasteiger charge is 2.34. The lowest BCUT2D eigenvalue weighted by Crippen LogP contribution is -2.27. The molecule has 0 bridgehead atoms. The molecule has 31 heavy (non-hydrogen) atoms. The van der Waals surface area contributed by atoms with E-state index in [1.165, 1.54) is 10.5 Å². The maximum atomic E-state index is 12.7. The molecule has 156 valence electrons. The zero-order chi connectivity index (χ0) is 21.8. The summed E-state index contributed by atoms with van der Waals surface area (Å²) in [6.07, 6.45) is 1.75. The summed E-state index contributed by atoms with van der Waals surface area (Å²) in [6, 6.07) is 23.3. The SMILES string of the molecule is Cc1cccc(COc2ccc(/C=C3/SC(=O)N(Cc4cccc(Br)c4)C3=O)cc2)c1. The summed E-state index contributed by atoms with van der Waals surface area (Å²) in [5, 5.41) is -0.255. The second-order valence-electron chi connectivity index (χ2n) is 7.24. The van der Waals surface area contributed by atoms with E-state index < -0.39 is 0 Å². The first-order valence-electron chi connectivity index (χ1n) is 9.76. The number of rotatable bonds is 6. The number of amides is 2. The first kappa shape index (κ1) is 21.4. The quantitative estimate of drug-likeness (QED) is 0.364. The average Bonchev–Trinajstić information content (AvgIpc) is 3.01. The van der Waals surface area contributed by atoms with Crippen molar-refractivity contribution in [3.05, 3.63) is 104 Å². The molecule has 0 radical (unpaired) electrons. The largest absolute Gasteiger partial charge is 0.489 e. The highest BCUT2D eigenvalue weighted by atomic mass is 79.9. The van der Waals surface area contributed by atoms with Crippen molar-refractivity contribution < 1.29 is 14.3 Å². The van der Waals surface area contributed by atoms with Gasteiger partial charge in [0.25, 0.3) is 11.1 Å². The fourth-order valence-electron chi connectivity index (χ4n) is 3.23. The molecule has 0 aliphatic carbocycles. The van der Waals surface area contributed by atoms with Gasteiger partial charge in [-0.15, -0.1) is 0 Å². The number of aryl methyl sites for hydroxylation is 1. The minimum absolute atomic E-state index is 0.255. The molecule has 1 heterocycles. The molecule has 2 amide bonds. The minimum atomic E-state index is -0.269. The normalized spacial score (nSPS) is 15.0. The third-order valence-corrected chi connectivity index (χ3v) is 6.17. The molecular weight excluding hydrogens is 474 g/mol. The summed E-state index contributed by atoms with van der Waals surface area (Å²) in [4.78, 5) is 26.8. The summed E-state index contributed by atoms with van der Waals surface area (Å²) in [5.74, 6) is 0.483. The van der Waals surface area contributed by atoms with Crippen molar-refractivity contribution in [2.24, 2.45) is 0 Å². The standard InChI is InChI=1S/C25H20BrNO3S/c1-17-4-2-6-20(12-17)16-30-22-10-8-18(9-11-22)14-23-24(28)27(25(29)31-23)15-19-5-3-7-21(26)13-19/h2-14H,15-16H2,1H3/b23-14+. The third-order valence-electron chi connectivity index (χ3n) is 4.77. The summed E-state index contributed by atoms with van der Waals surface area (Å²) < 4.78 is 6.76. The van der Waals surface area contributed by atoms with Crippen molar-refractivity contribution in [1.82, 2.24) is 4.90 Å². The van der Waals surface area contributed by atoms with Gasteiger partial charge in [-0.2, -0.15) is 0 Å². The Bertz CT molecular complexity index is 1160. The highest BCUT2D eigenvalue weighted by molar-refractivity contribution is 9.10. The van der Waals surface area contributed by atoms with E-state index >= 15 is 0 Å². The number of thioether (sulfide) groups is 1. The van der Waals surface area contributed by atoms with Crippen LogP contribution in [-0.4, -0.2) is 16.0 Å². The van der Waals surface area contributed by atoms with Crippen molar-refractivity contribution in [3.63, 3.8) is 0 Å². The Morgan fingerprint density at radius 2 is 1.71 bits per heavy atom. The average molecular weight is 494 g/mol. The molecule has 0 spiro atoms. The van der Waals surface area contributed by atoms with Crippen LogP contribution in [-0.2, 0) is 17.9 Å². The summed E-state index contributed by atoms with van der Waals surface area (Å²) in [5.41, 5.74) is 4.05. The van der Waals surface area contributed by atoms with E-state index in [1.807, 2.05) is 60.7 Å². The van der Waals surface area contributed by atoms with Gasteiger partial charge < -0.3 is 4.74 Å². The number of nitrogens with zero attached hydrogens (tertiary/aromatic N) is 1. The van der Waals surface area contributed by atoms with E-state index in [-0.39, 0.29) is 17.7 Å². The van der Waals surface area contributed by atoms with E-state index in [9.17, 15) is 9.59 Å². The van der Waals surface area contributed by atoms with E-state index in [0.29, 0.717) is 11.5 Å². The molecule has 3 aromatic rings. The molecule has 1 fully saturated rings. The first-order chi connectivity index (χ1) is 15.0. The van der Waals surface area contributed by atoms with Gasteiger partial charge >= 0.3 is 0 Å². The van der Waals surface area contributed by atoms with Crippen molar-refractivity contribution in [1.29, 1.82) is 0 Å². The Hall–Kier alpha value is -2.83. The number of benzene rings is 3. The highest BCUT2D eigenvalue weighted by Crippen LogP contribution is 2.33. The summed E-state index contributed by atoms with van der Waals surface area (Å²) >= 11 is 4.38. The molecule has 4 nitrogen and oxygen atoms in total. The summed E-state index contributed by atoms with van der Waals surface area (Å²) in [7, 11) is 0. The van der Waals surface area contributed by atoms with Crippen LogP contribution in [0.15, 0.2) is 82.2 Å². The molecular formula is C25H20BrNO3S. The van der Waals surface area contributed by atoms with Gasteiger partial charge in [-0.3, -0.25) is 14.5 Å². The molecule has 1 saturated heterocycles. The van der Waals surface area contributed by atoms with Gasteiger partial charge in [0.2, 0.25) is 0 Å². The maximum Gasteiger partial charge on any atom is 0.293 e. The van der Waals surface area contributed by atoms with E-state index in [2.05, 4.69) is 35.0 Å². The molecule has 0 unspecified atom stereocenters. The monoisotopic (exact) mass is 493 g/mol. The van der Waals surface area contributed by atoms with Crippen LogP contribution in [0.25, 0.3) is 6.08 Å². The lowest BCUT2D eigenvalue weighted by Gasteiger charge is -2.12. The van der Waals surface area contributed by atoms with Crippen LogP contribution in [0.3, 0.4) is 0 Å². The molecule has 0 saturated carbocycles. The Kier molecular flexibility index (Phi) is 6.59. The Morgan fingerprint density at radius 1 is 0.968 bits per heavy atom. The molecule has 1 aliphatic rings. The molecule has 0 N–H and O–H groups in total. The molecule has 1 aliphatic heterocycles. The Morgan fingerprint density at radius 3 is 2.45 bits per heavy atom. The third kappa shape index (κ3) is 5.46. The van der Waals surface area contributed by atoms with Gasteiger partial charge in [-0.25, -0.2) is 0 Å². The predicted octanol–water partition coefficient (Wildman–Crippen LogP) is 6.57. The summed E-state index contributed by atoms with van der Waals surface area (Å²) in [6.45, 7) is 2.81. The fourth-order valence-corrected chi connectivity index (χ4v) is 4.52. The zero-order valence-corrected chi connectivity index (χ0v) is 19.3. The number of carbonyl (C=O) groups excluding carboxylic acids is 2. The Balaban J connectivity index is 1.41. The predicted molar refractivity (Wildman–Crippen MR) is 128 cm³/mol. The number of carbonyl (C=O) groups is 2. The van der Waals surface area contributed by atoms with Crippen LogP contribution >= 0.6 is 27.7 Å². The lowest BCUT2D eigenvalue weighted by molar-refractivity contribution is -0.123. The molecule has 4 rings (SSSR count). The number of hydrogen-bond acceptors (Lipinski definition) is 4. The van der Waals surface area contributed by atoms with Crippen LogP contribution in [0, 0.1) is 6.92 Å². The van der Waals surface area contributed by atoms with Crippen molar-refractivity contribution >= 4 is 44.9 Å². The number of hydrogen-bond donors (Lipinski definition) is 0. The molecule has 0 atom stereocenters. The van der Waals surface area contributed by atoms with Crippen molar-refractivity contribution in [2.75, 3.05) is 0 Å². The van der Waals surface area contributed by atoms with Gasteiger partial charge in [0.1, 0.15) is 12.4 Å². The van der Waals surface area contributed by atoms with Gasteiger partial charge in [0, 0.05) is 4.47 Å². The molecule has 6 heteroatoms. The van der Waals surface area contributed by atoms with Crippen LogP contribution < -0.4 is 4.74 Å². The van der Waals surface area contributed by atoms with Gasteiger partial charge in [0.15, 0.2) is 0 Å². The van der Waals surface area contributed by atoms with Crippen molar-refractivity contribution in [2.45, 2.75) is 20.1 Å². The Labute approximate surface area is 194 Å². The minimum Gasteiger partial charge on any atom is -0.489 e. The van der Waals surface area contributed by atoms with E-state index in [0.717, 1.165) is 38.7 Å². The number of ether oxygens (including phenoxy) is 1. The van der Waals surface area contributed by atoms with Gasteiger partial charge in [0.05, 0.1) is 11.4 Å².